The van der Waals surface area contributed by atoms with Gasteiger partial charge in [-0.15, -0.1) is 0 Å². The van der Waals surface area contributed by atoms with Crippen molar-refractivity contribution in [2.45, 2.75) is 13.5 Å². The van der Waals surface area contributed by atoms with Crippen LogP contribution in [-0.4, -0.2) is 17.6 Å². The highest BCUT2D eigenvalue weighted by Gasteiger charge is 2.07. The first-order chi connectivity index (χ1) is 7.24. The van der Waals surface area contributed by atoms with Crippen LogP contribution in [0, 0.1) is 5.92 Å². The van der Waals surface area contributed by atoms with Crippen molar-refractivity contribution >= 4 is 5.84 Å². The van der Waals surface area contributed by atoms with Crippen molar-refractivity contribution in [1.29, 1.82) is 0 Å². The molecular weight excluding hydrogens is 192 g/mol. The zero-order chi connectivity index (χ0) is 11.1. The average Bonchev–Trinajstić information content (AvgIpc) is 2.29. The van der Waals surface area contributed by atoms with Gasteiger partial charge in [-0.05, 0) is 5.56 Å². The molecule has 82 valence electrons. The van der Waals surface area contributed by atoms with Crippen molar-refractivity contribution in [2.24, 2.45) is 16.8 Å². The van der Waals surface area contributed by atoms with E-state index in [1.807, 2.05) is 37.3 Å². The summed E-state index contributed by atoms with van der Waals surface area (Å²) in [7, 11) is 0. The molecule has 0 aliphatic rings. The van der Waals surface area contributed by atoms with Crippen LogP contribution in [0.25, 0.3) is 0 Å². The van der Waals surface area contributed by atoms with Gasteiger partial charge >= 0.3 is 0 Å². The third-order valence-electron chi connectivity index (χ3n) is 2.10. The normalized spacial score (nSPS) is 13.8. The molecule has 0 amide bonds. The smallest absolute Gasteiger partial charge is 0.144 e. The molecule has 1 aromatic carbocycles. The summed E-state index contributed by atoms with van der Waals surface area (Å²) in [6.07, 6.45) is 0. The molecule has 0 bridgehead atoms. The number of hydrogen-bond donors (Lipinski definition) is 2. The molecular formula is C11H16N2O2. The first-order valence-corrected chi connectivity index (χ1v) is 4.83. The predicted octanol–water partition coefficient (Wildman–Crippen LogP) is 1.59. The molecule has 0 aliphatic heterocycles. The topological polar surface area (TPSA) is 67.8 Å². The highest BCUT2D eigenvalue weighted by Crippen LogP contribution is 2.03. The zero-order valence-electron chi connectivity index (χ0n) is 8.76. The zero-order valence-corrected chi connectivity index (χ0v) is 8.76. The molecule has 1 atom stereocenters. The van der Waals surface area contributed by atoms with E-state index in [1.165, 1.54) is 0 Å². The van der Waals surface area contributed by atoms with Gasteiger partial charge in [-0.2, -0.15) is 0 Å². The largest absolute Gasteiger partial charge is 0.409 e. The minimum absolute atomic E-state index is 0.0706. The third-order valence-corrected chi connectivity index (χ3v) is 2.10. The van der Waals surface area contributed by atoms with Crippen LogP contribution in [-0.2, 0) is 11.3 Å². The monoisotopic (exact) mass is 208 g/mol. The standard InChI is InChI=1S/C11H16N2O2/c1-9(11(12)13-14)7-15-8-10-5-3-2-4-6-10/h2-6,9,14H,7-8H2,1H3,(H2,12,13). The summed E-state index contributed by atoms with van der Waals surface area (Å²) < 4.78 is 5.43. The molecule has 3 N–H and O–H groups in total. The lowest BCUT2D eigenvalue weighted by Gasteiger charge is -2.10. The summed E-state index contributed by atoms with van der Waals surface area (Å²) in [5.41, 5.74) is 6.53. The van der Waals surface area contributed by atoms with Gasteiger partial charge in [0.2, 0.25) is 0 Å². The molecule has 15 heavy (non-hydrogen) atoms. The van der Waals surface area contributed by atoms with Gasteiger partial charge in [0, 0.05) is 5.92 Å². The molecule has 0 saturated carbocycles. The van der Waals surface area contributed by atoms with Gasteiger partial charge in [-0.1, -0.05) is 42.4 Å². The predicted molar refractivity (Wildman–Crippen MR) is 58.7 cm³/mol. The summed E-state index contributed by atoms with van der Waals surface area (Å²) in [6, 6.07) is 9.88. The first kappa shape index (κ1) is 11.5. The summed E-state index contributed by atoms with van der Waals surface area (Å²) >= 11 is 0. The molecule has 0 spiro atoms. The van der Waals surface area contributed by atoms with Crippen molar-refractivity contribution in [2.75, 3.05) is 6.61 Å². The maximum absolute atomic E-state index is 8.43. The Morgan fingerprint density at radius 3 is 2.73 bits per heavy atom. The number of ether oxygens (including phenoxy) is 1. The Bertz CT molecular complexity index is 312. The summed E-state index contributed by atoms with van der Waals surface area (Å²) in [4.78, 5) is 0. The SMILES string of the molecule is CC(COCc1ccccc1)/C(N)=N\O. The van der Waals surface area contributed by atoms with Crippen LogP contribution in [0.5, 0.6) is 0 Å². The molecule has 0 aromatic heterocycles. The Hall–Kier alpha value is -1.55. The van der Waals surface area contributed by atoms with Gasteiger partial charge in [0.25, 0.3) is 0 Å². The minimum Gasteiger partial charge on any atom is -0.409 e. The molecule has 0 fully saturated rings. The van der Waals surface area contributed by atoms with Crippen molar-refractivity contribution in [3.8, 4) is 0 Å². The van der Waals surface area contributed by atoms with Crippen molar-refractivity contribution in [3.63, 3.8) is 0 Å². The first-order valence-electron chi connectivity index (χ1n) is 4.83. The lowest BCUT2D eigenvalue weighted by atomic mass is 10.2. The van der Waals surface area contributed by atoms with Crippen LogP contribution in [0.4, 0.5) is 0 Å². The van der Waals surface area contributed by atoms with Crippen molar-refractivity contribution in [1.82, 2.24) is 0 Å². The van der Waals surface area contributed by atoms with Gasteiger partial charge in [-0.25, -0.2) is 0 Å². The molecule has 0 heterocycles. The molecule has 0 aliphatic carbocycles. The van der Waals surface area contributed by atoms with Gasteiger partial charge in [0.1, 0.15) is 5.84 Å². The Balaban J connectivity index is 2.28. The second-order valence-corrected chi connectivity index (χ2v) is 3.43. The van der Waals surface area contributed by atoms with Crippen LogP contribution in [0.2, 0.25) is 0 Å². The van der Waals surface area contributed by atoms with E-state index in [9.17, 15) is 0 Å². The molecule has 1 unspecified atom stereocenters. The number of oxime groups is 1. The molecule has 0 saturated heterocycles. The minimum atomic E-state index is -0.0706. The van der Waals surface area contributed by atoms with E-state index >= 15 is 0 Å². The van der Waals surface area contributed by atoms with E-state index in [0.29, 0.717) is 13.2 Å². The van der Waals surface area contributed by atoms with E-state index in [1.54, 1.807) is 0 Å². The number of benzene rings is 1. The Morgan fingerprint density at radius 2 is 2.13 bits per heavy atom. The second kappa shape index (κ2) is 6.03. The molecule has 1 rings (SSSR count). The Morgan fingerprint density at radius 1 is 1.47 bits per heavy atom. The van der Waals surface area contributed by atoms with Crippen molar-refractivity contribution < 1.29 is 9.94 Å². The number of nitrogens with two attached hydrogens (primary N) is 1. The summed E-state index contributed by atoms with van der Waals surface area (Å²) in [5, 5.41) is 11.4. The third kappa shape index (κ3) is 3.99. The van der Waals surface area contributed by atoms with E-state index in [0.717, 1.165) is 5.56 Å². The molecule has 1 aromatic rings. The maximum atomic E-state index is 8.43. The van der Waals surface area contributed by atoms with Crippen molar-refractivity contribution in [3.05, 3.63) is 35.9 Å². The highest BCUT2D eigenvalue weighted by molar-refractivity contribution is 5.81. The number of hydrogen-bond acceptors (Lipinski definition) is 3. The van der Waals surface area contributed by atoms with E-state index < -0.39 is 0 Å². The van der Waals surface area contributed by atoms with E-state index in [-0.39, 0.29) is 11.8 Å². The highest BCUT2D eigenvalue weighted by atomic mass is 16.5. The number of rotatable bonds is 5. The average molecular weight is 208 g/mol. The van der Waals surface area contributed by atoms with Gasteiger partial charge < -0.3 is 15.7 Å². The number of amidine groups is 1. The van der Waals surface area contributed by atoms with Crippen LogP contribution in [0.1, 0.15) is 12.5 Å². The molecule has 4 heteroatoms. The summed E-state index contributed by atoms with van der Waals surface area (Å²) in [6.45, 7) is 2.84. The Labute approximate surface area is 89.4 Å². The van der Waals surface area contributed by atoms with Crippen LogP contribution >= 0.6 is 0 Å². The summed E-state index contributed by atoms with van der Waals surface area (Å²) in [5.74, 6) is 0.127. The van der Waals surface area contributed by atoms with Crippen LogP contribution < -0.4 is 5.73 Å². The van der Waals surface area contributed by atoms with E-state index in [4.69, 9.17) is 15.7 Å². The van der Waals surface area contributed by atoms with Gasteiger partial charge in [-0.3, -0.25) is 0 Å². The van der Waals surface area contributed by atoms with E-state index in [2.05, 4.69) is 5.16 Å². The maximum Gasteiger partial charge on any atom is 0.144 e. The fourth-order valence-electron chi connectivity index (χ4n) is 1.11. The van der Waals surface area contributed by atoms with Gasteiger partial charge in [0.15, 0.2) is 0 Å². The second-order valence-electron chi connectivity index (χ2n) is 3.43. The fraction of sp³-hybridized carbons (Fsp3) is 0.364. The molecule has 4 nitrogen and oxygen atoms in total. The van der Waals surface area contributed by atoms with Gasteiger partial charge in [0.05, 0.1) is 13.2 Å². The fourth-order valence-corrected chi connectivity index (χ4v) is 1.11. The quantitative estimate of drug-likeness (QED) is 0.334. The number of nitrogens with zero attached hydrogens (tertiary/aromatic N) is 1. The van der Waals surface area contributed by atoms with Crippen LogP contribution in [0.3, 0.4) is 0 Å². The lowest BCUT2D eigenvalue weighted by molar-refractivity contribution is 0.107. The molecule has 0 radical (unpaired) electrons. The lowest BCUT2D eigenvalue weighted by Crippen LogP contribution is -2.25. The van der Waals surface area contributed by atoms with Crippen LogP contribution in [0.15, 0.2) is 35.5 Å². The Kier molecular flexibility index (Phi) is 4.63.